The average molecular weight is 235 g/mol. The predicted octanol–water partition coefficient (Wildman–Crippen LogP) is 0.303. The minimum Gasteiger partial charge on any atom is -0.482 e. The number of rotatable bonds is 2. The van der Waals surface area contributed by atoms with Gasteiger partial charge in [0.2, 0.25) is 5.91 Å². The van der Waals surface area contributed by atoms with Crippen molar-refractivity contribution in [1.82, 2.24) is 0 Å². The highest BCUT2D eigenvalue weighted by Gasteiger charge is 2.16. The van der Waals surface area contributed by atoms with Crippen LogP contribution in [0.15, 0.2) is 18.2 Å². The number of nitrogens with one attached hydrogen (secondary N) is 2. The third-order valence-corrected chi connectivity index (χ3v) is 2.29. The van der Waals surface area contributed by atoms with Crippen LogP contribution in [0.5, 0.6) is 5.75 Å². The molecule has 0 radical (unpaired) electrons. The Kier molecular flexibility index (Phi) is 2.97. The number of hydrogen-bond donors (Lipinski definition) is 3. The van der Waals surface area contributed by atoms with Crippen LogP contribution in [0.3, 0.4) is 0 Å². The van der Waals surface area contributed by atoms with Gasteiger partial charge < -0.3 is 21.1 Å². The Balaban J connectivity index is 2.18. The summed E-state index contributed by atoms with van der Waals surface area (Å²) in [5.41, 5.74) is 6.55. The van der Waals surface area contributed by atoms with Crippen LogP contribution in [0.1, 0.15) is 6.92 Å². The molecule has 2 amide bonds. The summed E-state index contributed by atoms with van der Waals surface area (Å²) in [6.45, 7) is 1.61. The van der Waals surface area contributed by atoms with Gasteiger partial charge in [-0.2, -0.15) is 0 Å². The van der Waals surface area contributed by atoms with Gasteiger partial charge in [0.15, 0.2) is 6.61 Å². The summed E-state index contributed by atoms with van der Waals surface area (Å²) in [7, 11) is 0. The Morgan fingerprint density at radius 3 is 3.06 bits per heavy atom. The predicted molar refractivity (Wildman–Crippen MR) is 62.8 cm³/mol. The van der Waals surface area contributed by atoms with Crippen LogP contribution >= 0.6 is 0 Å². The van der Waals surface area contributed by atoms with E-state index in [9.17, 15) is 9.59 Å². The summed E-state index contributed by atoms with van der Waals surface area (Å²) in [5.74, 6) is 0.0876. The monoisotopic (exact) mass is 235 g/mol. The van der Waals surface area contributed by atoms with E-state index in [2.05, 4.69) is 10.6 Å². The summed E-state index contributed by atoms with van der Waals surface area (Å²) in [5, 5.41) is 5.29. The lowest BCUT2D eigenvalue weighted by Crippen LogP contribution is -2.32. The van der Waals surface area contributed by atoms with E-state index < -0.39 is 6.04 Å². The molecule has 17 heavy (non-hydrogen) atoms. The minimum atomic E-state index is -0.586. The summed E-state index contributed by atoms with van der Waals surface area (Å²) < 4.78 is 5.19. The smallest absolute Gasteiger partial charge is 0.262 e. The zero-order valence-corrected chi connectivity index (χ0v) is 9.32. The van der Waals surface area contributed by atoms with Gasteiger partial charge in [-0.3, -0.25) is 9.59 Å². The molecule has 1 aromatic carbocycles. The van der Waals surface area contributed by atoms with Gasteiger partial charge in [-0.25, -0.2) is 0 Å². The van der Waals surface area contributed by atoms with Crippen LogP contribution < -0.4 is 21.1 Å². The zero-order valence-electron chi connectivity index (χ0n) is 9.32. The van der Waals surface area contributed by atoms with E-state index in [4.69, 9.17) is 10.5 Å². The fourth-order valence-electron chi connectivity index (χ4n) is 1.42. The first-order valence-electron chi connectivity index (χ1n) is 5.19. The lowest BCUT2D eigenvalue weighted by Gasteiger charge is -2.18. The maximum atomic E-state index is 11.4. The second kappa shape index (κ2) is 4.42. The van der Waals surface area contributed by atoms with Gasteiger partial charge in [0, 0.05) is 5.69 Å². The first-order chi connectivity index (χ1) is 8.06. The molecule has 0 saturated heterocycles. The topological polar surface area (TPSA) is 93.5 Å². The van der Waals surface area contributed by atoms with Gasteiger partial charge in [0.05, 0.1) is 11.7 Å². The molecule has 1 aliphatic rings. The van der Waals surface area contributed by atoms with E-state index in [-0.39, 0.29) is 18.4 Å². The number of amides is 2. The molecule has 0 aliphatic carbocycles. The van der Waals surface area contributed by atoms with Crippen molar-refractivity contribution in [1.29, 1.82) is 0 Å². The van der Waals surface area contributed by atoms with Crippen LogP contribution in [-0.2, 0) is 9.59 Å². The first-order valence-corrected chi connectivity index (χ1v) is 5.19. The molecule has 0 aromatic heterocycles. The highest BCUT2D eigenvalue weighted by molar-refractivity contribution is 5.98. The normalized spacial score (nSPS) is 15.3. The molecule has 1 aliphatic heterocycles. The molecule has 0 saturated carbocycles. The van der Waals surface area contributed by atoms with E-state index in [0.717, 1.165) is 0 Å². The second-order valence-corrected chi connectivity index (χ2v) is 3.83. The number of hydrogen-bond acceptors (Lipinski definition) is 4. The number of carbonyl (C=O) groups excluding carboxylic acids is 2. The van der Waals surface area contributed by atoms with Crippen molar-refractivity contribution >= 4 is 23.2 Å². The first kappa shape index (κ1) is 11.4. The van der Waals surface area contributed by atoms with Gasteiger partial charge in [0.25, 0.3) is 5.91 Å². The summed E-state index contributed by atoms with van der Waals surface area (Å²) in [6.07, 6.45) is 0. The van der Waals surface area contributed by atoms with Crippen LogP contribution in [0, 0.1) is 0 Å². The average Bonchev–Trinajstić information content (AvgIpc) is 2.28. The fraction of sp³-hybridized carbons (Fsp3) is 0.273. The van der Waals surface area contributed by atoms with E-state index in [1.54, 1.807) is 25.1 Å². The Morgan fingerprint density at radius 2 is 2.35 bits per heavy atom. The lowest BCUT2D eigenvalue weighted by molar-refractivity contribution is -0.118. The molecule has 6 nitrogen and oxygen atoms in total. The van der Waals surface area contributed by atoms with Crippen molar-refractivity contribution < 1.29 is 14.3 Å². The molecule has 6 heteroatoms. The van der Waals surface area contributed by atoms with Gasteiger partial charge in [-0.05, 0) is 25.1 Å². The Labute approximate surface area is 98.1 Å². The number of ether oxygens (including phenoxy) is 1. The van der Waals surface area contributed by atoms with Gasteiger partial charge >= 0.3 is 0 Å². The Hall–Kier alpha value is -2.08. The molecule has 1 aromatic rings. The van der Waals surface area contributed by atoms with Crippen LogP contribution in [0.2, 0.25) is 0 Å². The van der Waals surface area contributed by atoms with E-state index in [0.29, 0.717) is 17.1 Å². The number of fused-ring (bicyclic) bond motifs is 1. The minimum absolute atomic E-state index is 0.0124. The van der Waals surface area contributed by atoms with E-state index in [1.807, 2.05) is 0 Å². The Morgan fingerprint density at radius 1 is 1.59 bits per heavy atom. The SMILES string of the molecule is C[C@H](N)C(=O)Nc1ccc2c(c1)NC(=O)CO2. The number of benzene rings is 1. The number of anilines is 2. The van der Waals surface area contributed by atoms with Crippen molar-refractivity contribution in [3.63, 3.8) is 0 Å². The molecule has 2 rings (SSSR count). The second-order valence-electron chi connectivity index (χ2n) is 3.83. The molecular formula is C11H13N3O3. The third-order valence-electron chi connectivity index (χ3n) is 2.29. The van der Waals surface area contributed by atoms with Crippen molar-refractivity contribution in [2.45, 2.75) is 13.0 Å². The molecule has 4 N–H and O–H groups in total. The quantitative estimate of drug-likeness (QED) is 0.687. The summed E-state index contributed by atoms with van der Waals surface area (Å²) in [6, 6.07) is 4.42. The van der Waals surface area contributed by atoms with Crippen molar-refractivity contribution in [2.75, 3.05) is 17.2 Å². The van der Waals surface area contributed by atoms with Crippen molar-refractivity contribution in [3.8, 4) is 5.75 Å². The fourth-order valence-corrected chi connectivity index (χ4v) is 1.42. The molecule has 0 bridgehead atoms. The summed E-state index contributed by atoms with van der Waals surface area (Å²) in [4.78, 5) is 22.5. The molecule has 0 fully saturated rings. The highest BCUT2D eigenvalue weighted by Crippen LogP contribution is 2.30. The molecule has 1 heterocycles. The van der Waals surface area contributed by atoms with E-state index >= 15 is 0 Å². The van der Waals surface area contributed by atoms with Gasteiger partial charge in [-0.15, -0.1) is 0 Å². The lowest BCUT2D eigenvalue weighted by atomic mass is 10.2. The maximum Gasteiger partial charge on any atom is 0.262 e. The zero-order chi connectivity index (χ0) is 12.4. The standard InChI is InChI=1S/C11H13N3O3/c1-6(12)11(16)13-7-2-3-9-8(4-7)14-10(15)5-17-9/h2-4,6H,5,12H2,1H3,(H,13,16)(H,14,15)/t6-/m0/s1. The number of carbonyl (C=O) groups is 2. The van der Waals surface area contributed by atoms with Crippen molar-refractivity contribution in [3.05, 3.63) is 18.2 Å². The summed E-state index contributed by atoms with van der Waals surface area (Å²) >= 11 is 0. The van der Waals surface area contributed by atoms with Crippen molar-refractivity contribution in [2.24, 2.45) is 5.73 Å². The molecule has 0 unspecified atom stereocenters. The van der Waals surface area contributed by atoms with Gasteiger partial charge in [0.1, 0.15) is 5.75 Å². The molecule has 0 spiro atoms. The van der Waals surface area contributed by atoms with Crippen LogP contribution in [0.25, 0.3) is 0 Å². The molecule has 90 valence electrons. The van der Waals surface area contributed by atoms with E-state index in [1.165, 1.54) is 0 Å². The molecular weight excluding hydrogens is 222 g/mol. The van der Waals surface area contributed by atoms with Crippen LogP contribution in [0.4, 0.5) is 11.4 Å². The van der Waals surface area contributed by atoms with Crippen LogP contribution in [-0.4, -0.2) is 24.5 Å². The number of nitrogens with two attached hydrogens (primary N) is 1. The molecule has 1 atom stereocenters. The third kappa shape index (κ3) is 2.54. The largest absolute Gasteiger partial charge is 0.482 e. The Bertz CT molecular complexity index is 471. The highest BCUT2D eigenvalue weighted by atomic mass is 16.5. The van der Waals surface area contributed by atoms with Gasteiger partial charge in [-0.1, -0.05) is 0 Å². The maximum absolute atomic E-state index is 11.4.